The molecule has 4 fully saturated rings. The molecule has 5 aliphatic carbocycles. The van der Waals surface area contributed by atoms with Crippen LogP contribution in [0.3, 0.4) is 0 Å². The van der Waals surface area contributed by atoms with Crippen LogP contribution in [0.5, 0.6) is 0 Å². The van der Waals surface area contributed by atoms with E-state index < -0.39 is 6.16 Å². The molecule has 0 spiro atoms. The van der Waals surface area contributed by atoms with Crippen molar-refractivity contribution in [3.05, 3.63) is 11.1 Å². The molecule has 34 heavy (non-hydrogen) atoms. The first-order chi connectivity index (χ1) is 16.0. The zero-order chi connectivity index (χ0) is 24.6. The van der Waals surface area contributed by atoms with E-state index in [9.17, 15) is 14.7 Å². The Labute approximate surface area is 206 Å². The Morgan fingerprint density at radius 1 is 0.941 bits per heavy atom. The monoisotopic (exact) mass is 470 g/mol. The molecule has 5 aliphatic rings. The quantitative estimate of drug-likeness (QED) is 0.340. The summed E-state index contributed by atoms with van der Waals surface area (Å²) in [6.45, 7) is 13.9. The fraction of sp³-hybridized carbons (Fsp3) is 0.867. The fourth-order valence-corrected chi connectivity index (χ4v) is 10.8. The summed E-state index contributed by atoms with van der Waals surface area (Å²) in [6.07, 6.45) is 10.0. The highest BCUT2D eigenvalue weighted by molar-refractivity contribution is 5.87. The van der Waals surface area contributed by atoms with E-state index >= 15 is 0 Å². The minimum absolute atomic E-state index is 0.153. The molecule has 0 saturated heterocycles. The Hall–Kier alpha value is -1.32. The van der Waals surface area contributed by atoms with Crippen molar-refractivity contribution in [2.75, 3.05) is 0 Å². The predicted octanol–water partition coefficient (Wildman–Crippen LogP) is 7.66. The maximum atomic E-state index is 13.1. The highest BCUT2D eigenvalue weighted by Crippen LogP contribution is 2.72. The van der Waals surface area contributed by atoms with Crippen LogP contribution in [-0.2, 0) is 9.53 Å². The second-order valence-corrected chi connectivity index (χ2v) is 13.6. The molecule has 9 atom stereocenters. The second-order valence-electron chi connectivity index (χ2n) is 13.6. The van der Waals surface area contributed by atoms with Crippen molar-refractivity contribution >= 4 is 11.9 Å². The van der Waals surface area contributed by atoms with Gasteiger partial charge < -0.3 is 9.84 Å². The van der Waals surface area contributed by atoms with Crippen molar-refractivity contribution in [3.63, 3.8) is 0 Å². The maximum absolute atomic E-state index is 13.1. The van der Waals surface area contributed by atoms with Gasteiger partial charge in [0.15, 0.2) is 0 Å². The number of carboxylic acid groups (broad SMARTS) is 1. The minimum Gasteiger partial charge on any atom is -0.450 e. The van der Waals surface area contributed by atoms with Crippen molar-refractivity contribution in [1.29, 1.82) is 0 Å². The van der Waals surface area contributed by atoms with Crippen molar-refractivity contribution in [2.24, 2.45) is 51.8 Å². The SMILES string of the molecule is CC(=O)C12CCC(C(C)C)=C1C1CCC3C(C)(CCC4C(C)C(OC(=O)O)CCC43C)C1CC2. The maximum Gasteiger partial charge on any atom is 0.506 e. The molecule has 0 heterocycles. The number of ether oxygens (including phenoxy) is 1. The number of ketones is 1. The van der Waals surface area contributed by atoms with Crippen LogP contribution in [0.15, 0.2) is 11.1 Å². The molecular weight excluding hydrogens is 424 g/mol. The number of hydrogen-bond donors (Lipinski definition) is 1. The lowest BCUT2D eigenvalue weighted by atomic mass is 9.38. The van der Waals surface area contributed by atoms with Crippen molar-refractivity contribution < 1.29 is 19.4 Å². The molecule has 0 aliphatic heterocycles. The van der Waals surface area contributed by atoms with Gasteiger partial charge in [0.05, 0.1) is 5.41 Å². The molecule has 0 aromatic carbocycles. The number of allylic oxidation sites excluding steroid dienone is 2. The van der Waals surface area contributed by atoms with E-state index in [-0.39, 0.29) is 16.9 Å². The largest absolute Gasteiger partial charge is 0.506 e. The molecule has 0 aromatic rings. The summed E-state index contributed by atoms with van der Waals surface area (Å²) in [7, 11) is 0. The first kappa shape index (κ1) is 24.4. The average molecular weight is 471 g/mol. The van der Waals surface area contributed by atoms with Gasteiger partial charge in [0.1, 0.15) is 11.9 Å². The number of fused-ring (bicyclic) bond motifs is 7. The standard InChI is InChI=1S/C30H46O4/c1-17(2)20-9-15-30(19(4)31)16-11-23-21(26(20)30)7-8-25-28(5)14-12-24(34-27(32)33)18(3)22(28)10-13-29(23,25)6/h17-18,21-25H,7-16H2,1-6H3,(H,32,33). The van der Waals surface area contributed by atoms with E-state index in [1.807, 2.05) is 6.92 Å². The molecule has 0 aromatic heterocycles. The van der Waals surface area contributed by atoms with Crippen LogP contribution in [0.25, 0.3) is 0 Å². The molecule has 1 N–H and O–H groups in total. The molecule has 4 saturated carbocycles. The first-order valence-corrected chi connectivity index (χ1v) is 14.1. The van der Waals surface area contributed by atoms with Gasteiger partial charge in [-0.05, 0) is 117 Å². The van der Waals surface area contributed by atoms with Crippen LogP contribution in [0, 0.1) is 51.8 Å². The van der Waals surface area contributed by atoms with Crippen LogP contribution in [0.2, 0.25) is 0 Å². The lowest BCUT2D eigenvalue weighted by molar-refractivity contribution is -0.180. The lowest BCUT2D eigenvalue weighted by Crippen LogP contribution is -2.60. The van der Waals surface area contributed by atoms with Gasteiger partial charge in [-0.25, -0.2) is 4.79 Å². The number of rotatable bonds is 3. The summed E-state index contributed by atoms with van der Waals surface area (Å²) in [5.74, 6) is 3.74. The van der Waals surface area contributed by atoms with E-state index in [0.717, 1.165) is 32.1 Å². The molecule has 190 valence electrons. The zero-order valence-electron chi connectivity index (χ0n) is 22.3. The molecule has 4 heteroatoms. The lowest BCUT2D eigenvalue weighted by Gasteiger charge is -2.67. The van der Waals surface area contributed by atoms with Crippen molar-refractivity contribution in [3.8, 4) is 0 Å². The Morgan fingerprint density at radius 3 is 2.24 bits per heavy atom. The summed E-state index contributed by atoms with van der Waals surface area (Å²) < 4.78 is 5.34. The van der Waals surface area contributed by atoms with Crippen LogP contribution in [0.1, 0.15) is 106 Å². The third-order valence-electron chi connectivity index (χ3n) is 12.3. The van der Waals surface area contributed by atoms with Gasteiger partial charge in [-0.1, -0.05) is 45.8 Å². The molecule has 0 radical (unpaired) electrons. The normalized spacial score (nSPS) is 48.0. The number of carbonyl (C=O) groups excluding carboxylic acids is 1. The van der Waals surface area contributed by atoms with Gasteiger partial charge in [-0.3, -0.25) is 4.79 Å². The molecule has 0 amide bonds. The molecule has 5 rings (SSSR count). The van der Waals surface area contributed by atoms with E-state index in [0.29, 0.717) is 46.7 Å². The van der Waals surface area contributed by atoms with Gasteiger partial charge in [0.2, 0.25) is 0 Å². The summed E-state index contributed by atoms with van der Waals surface area (Å²) in [6, 6.07) is 0. The average Bonchev–Trinajstić information content (AvgIpc) is 3.17. The molecular formula is C30H46O4. The Morgan fingerprint density at radius 2 is 1.59 bits per heavy atom. The topological polar surface area (TPSA) is 63.6 Å². The predicted molar refractivity (Wildman–Crippen MR) is 133 cm³/mol. The van der Waals surface area contributed by atoms with Crippen LogP contribution in [-0.4, -0.2) is 23.1 Å². The second kappa shape index (κ2) is 8.10. The van der Waals surface area contributed by atoms with Crippen LogP contribution in [0.4, 0.5) is 4.79 Å². The zero-order valence-corrected chi connectivity index (χ0v) is 22.3. The molecule has 4 nitrogen and oxygen atoms in total. The van der Waals surface area contributed by atoms with E-state index in [2.05, 4.69) is 34.6 Å². The summed E-state index contributed by atoms with van der Waals surface area (Å²) >= 11 is 0. The van der Waals surface area contributed by atoms with Crippen molar-refractivity contribution in [2.45, 2.75) is 112 Å². The van der Waals surface area contributed by atoms with E-state index in [1.165, 1.54) is 32.1 Å². The van der Waals surface area contributed by atoms with Crippen LogP contribution >= 0.6 is 0 Å². The Kier molecular flexibility index (Phi) is 5.81. The van der Waals surface area contributed by atoms with Gasteiger partial charge in [0, 0.05) is 0 Å². The van der Waals surface area contributed by atoms with Gasteiger partial charge in [-0.2, -0.15) is 0 Å². The van der Waals surface area contributed by atoms with Gasteiger partial charge >= 0.3 is 6.16 Å². The first-order valence-electron chi connectivity index (χ1n) is 14.1. The number of carbonyl (C=O) groups is 2. The van der Waals surface area contributed by atoms with Gasteiger partial charge in [-0.15, -0.1) is 0 Å². The number of hydrogen-bond acceptors (Lipinski definition) is 3. The van der Waals surface area contributed by atoms with E-state index in [4.69, 9.17) is 4.74 Å². The highest BCUT2D eigenvalue weighted by atomic mass is 16.7. The molecule has 9 unspecified atom stereocenters. The van der Waals surface area contributed by atoms with Gasteiger partial charge in [0.25, 0.3) is 0 Å². The highest BCUT2D eigenvalue weighted by Gasteiger charge is 2.64. The van der Waals surface area contributed by atoms with Crippen molar-refractivity contribution in [1.82, 2.24) is 0 Å². The van der Waals surface area contributed by atoms with E-state index in [1.54, 1.807) is 11.1 Å². The third-order valence-corrected chi connectivity index (χ3v) is 12.3. The fourth-order valence-electron chi connectivity index (χ4n) is 10.8. The summed E-state index contributed by atoms with van der Waals surface area (Å²) in [4.78, 5) is 24.4. The summed E-state index contributed by atoms with van der Waals surface area (Å²) in [5.41, 5.74) is 3.63. The Bertz CT molecular complexity index is 903. The van der Waals surface area contributed by atoms with Crippen LogP contribution < -0.4 is 0 Å². The number of Topliss-reactive ketones (excluding diaryl/α,β-unsaturated/α-hetero) is 1. The molecule has 0 bridgehead atoms. The summed E-state index contributed by atoms with van der Waals surface area (Å²) in [5, 5.41) is 9.25. The third kappa shape index (κ3) is 3.22. The smallest absolute Gasteiger partial charge is 0.450 e. The Balaban J connectivity index is 1.48. The minimum atomic E-state index is -1.12.